The average Bonchev–Trinajstić information content (AvgIpc) is 2.06. The van der Waals surface area contributed by atoms with Crippen molar-refractivity contribution in [3.8, 4) is 0 Å². The van der Waals surface area contributed by atoms with Crippen LogP contribution in [-0.4, -0.2) is 10.7 Å². The zero-order valence-corrected chi connectivity index (χ0v) is 7.19. The molecule has 1 aromatic rings. The molecule has 3 nitrogen and oxygen atoms in total. The lowest BCUT2D eigenvalue weighted by atomic mass is 10.5. The second-order valence-electron chi connectivity index (χ2n) is 1.95. The van der Waals surface area contributed by atoms with E-state index in [-0.39, 0.29) is 0 Å². The van der Waals surface area contributed by atoms with Crippen molar-refractivity contribution in [3.63, 3.8) is 0 Å². The van der Waals surface area contributed by atoms with E-state index in [2.05, 4.69) is 17.3 Å². The van der Waals surface area contributed by atoms with Gasteiger partial charge in [-0.25, -0.2) is 10.8 Å². The maximum absolute atomic E-state index is 5.19. The molecule has 0 aliphatic carbocycles. The molecule has 0 aliphatic heterocycles. The van der Waals surface area contributed by atoms with E-state index in [1.165, 1.54) is 4.90 Å². The van der Waals surface area contributed by atoms with E-state index < -0.39 is 0 Å². The Kier molecular flexibility index (Phi) is 3.19. The fourth-order valence-electron chi connectivity index (χ4n) is 0.747. The van der Waals surface area contributed by atoms with E-state index in [1.807, 2.05) is 12.1 Å². The third kappa shape index (κ3) is 2.40. The highest BCUT2D eigenvalue weighted by Gasteiger charge is 1.93. The Morgan fingerprint density at radius 2 is 2.55 bits per heavy atom. The van der Waals surface area contributed by atoms with Gasteiger partial charge in [0.15, 0.2) is 0 Å². The number of hydrogen-bond donors (Lipinski definition) is 2. The molecular weight excluding hydrogens is 158 g/mol. The van der Waals surface area contributed by atoms with Crippen LogP contribution in [0.3, 0.4) is 0 Å². The SMILES string of the molecule is CCSc1ccnc(NN)c1. The van der Waals surface area contributed by atoms with Crippen LogP contribution >= 0.6 is 11.8 Å². The van der Waals surface area contributed by atoms with Crippen LogP contribution in [0.25, 0.3) is 0 Å². The molecule has 0 unspecified atom stereocenters. The molecular formula is C7H11N3S. The minimum Gasteiger partial charge on any atom is -0.308 e. The van der Waals surface area contributed by atoms with Gasteiger partial charge in [-0.05, 0) is 17.9 Å². The molecule has 60 valence electrons. The van der Waals surface area contributed by atoms with Gasteiger partial charge in [-0.2, -0.15) is 0 Å². The molecule has 0 radical (unpaired) electrons. The highest BCUT2D eigenvalue weighted by molar-refractivity contribution is 7.99. The smallest absolute Gasteiger partial charge is 0.140 e. The second-order valence-corrected chi connectivity index (χ2v) is 3.29. The maximum Gasteiger partial charge on any atom is 0.140 e. The molecule has 0 bridgehead atoms. The molecule has 3 N–H and O–H groups in total. The van der Waals surface area contributed by atoms with E-state index >= 15 is 0 Å². The van der Waals surface area contributed by atoms with Crippen LogP contribution in [0, 0.1) is 0 Å². The van der Waals surface area contributed by atoms with E-state index in [1.54, 1.807) is 18.0 Å². The number of nitrogen functional groups attached to an aromatic ring is 1. The number of hydrogen-bond acceptors (Lipinski definition) is 4. The Balaban J connectivity index is 2.74. The Morgan fingerprint density at radius 1 is 1.73 bits per heavy atom. The fourth-order valence-corrected chi connectivity index (χ4v) is 1.43. The summed E-state index contributed by atoms with van der Waals surface area (Å²) in [6.07, 6.45) is 1.74. The Labute approximate surface area is 70.4 Å². The summed E-state index contributed by atoms with van der Waals surface area (Å²) in [5.74, 6) is 6.97. The molecule has 4 heteroatoms. The van der Waals surface area contributed by atoms with E-state index in [9.17, 15) is 0 Å². The molecule has 0 saturated carbocycles. The van der Waals surface area contributed by atoms with Gasteiger partial charge in [0.05, 0.1) is 0 Å². The fraction of sp³-hybridized carbons (Fsp3) is 0.286. The lowest BCUT2D eigenvalue weighted by Gasteiger charge is -2.00. The molecule has 0 fully saturated rings. The number of nitrogens with zero attached hydrogens (tertiary/aromatic N) is 1. The summed E-state index contributed by atoms with van der Waals surface area (Å²) < 4.78 is 0. The molecule has 0 atom stereocenters. The van der Waals surface area contributed by atoms with E-state index in [4.69, 9.17) is 5.84 Å². The maximum atomic E-state index is 5.19. The van der Waals surface area contributed by atoms with Gasteiger partial charge >= 0.3 is 0 Å². The summed E-state index contributed by atoms with van der Waals surface area (Å²) in [4.78, 5) is 5.18. The molecule has 0 saturated heterocycles. The largest absolute Gasteiger partial charge is 0.308 e. The molecule has 0 amide bonds. The van der Waals surface area contributed by atoms with Crippen molar-refractivity contribution in [2.24, 2.45) is 5.84 Å². The standard InChI is InChI=1S/C7H11N3S/c1-2-11-6-3-4-9-7(5-6)10-8/h3-5H,2,8H2,1H3,(H,9,10). The summed E-state index contributed by atoms with van der Waals surface area (Å²) in [5, 5.41) is 0. The number of thioether (sulfide) groups is 1. The highest BCUT2D eigenvalue weighted by atomic mass is 32.2. The predicted molar refractivity (Wildman–Crippen MR) is 48.4 cm³/mol. The van der Waals surface area contributed by atoms with E-state index in [0.717, 1.165) is 5.75 Å². The van der Waals surface area contributed by atoms with Gasteiger partial charge in [-0.1, -0.05) is 6.92 Å². The van der Waals surface area contributed by atoms with Crippen LogP contribution in [0.15, 0.2) is 23.2 Å². The minimum atomic E-state index is 0.712. The van der Waals surface area contributed by atoms with E-state index in [0.29, 0.717) is 5.82 Å². The van der Waals surface area contributed by atoms with Gasteiger partial charge in [0.2, 0.25) is 0 Å². The minimum absolute atomic E-state index is 0.712. The Morgan fingerprint density at radius 3 is 3.18 bits per heavy atom. The van der Waals surface area contributed by atoms with Crippen LogP contribution in [-0.2, 0) is 0 Å². The van der Waals surface area contributed by atoms with Crippen molar-refractivity contribution >= 4 is 17.6 Å². The second kappa shape index (κ2) is 4.20. The van der Waals surface area contributed by atoms with Crippen molar-refractivity contribution in [1.29, 1.82) is 0 Å². The summed E-state index contributed by atoms with van der Waals surface area (Å²) in [6.45, 7) is 2.11. The zero-order valence-electron chi connectivity index (χ0n) is 6.37. The molecule has 1 rings (SSSR count). The van der Waals surface area contributed by atoms with Gasteiger partial charge in [-0.3, -0.25) is 0 Å². The topological polar surface area (TPSA) is 50.9 Å². The van der Waals surface area contributed by atoms with Gasteiger partial charge < -0.3 is 5.43 Å². The third-order valence-electron chi connectivity index (χ3n) is 1.19. The van der Waals surface area contributed by atoms with Crippen molar-refractivity contribution in [2.45, 2.75) is 11.8 Å². The number of hydrazine groups is 1. The number of nitrogens with one attached hydrogen (secondary N) is 1. The first-order chi connectivity index (χ1) is 5.36. The summed E-state index contributed by atoms with van der Waals surface area (Å²) in [5.41, 5.74) is 2.50. The average molecular weight is 169 g/mol. The van der Waals surface area contributed by atoms with Gasteiger partial charge in [0, 0.05) is 11.1 Å². The number of anilines is 1. The van der Waals surface area contributed by atoms with Crippen LogP contribution < -0.4 is 11.3 Å². The molecule has 0 aromatic carbocycles. The molecule has 11 heavy (non-hydrogen) atoms. The van der Waals surface area contributed by atoms with Gasteiger partial charge in [-0.15, -0.1) is 11.8 Å². The van der Waals surface area contributed by atoms with Crippen LogP contribution in [0.1, 0.15) is 6.92 Å². The van der Waals surface area contributed by atoms with Crippen molar-refractivity contribution < 1.29 is 0 Å². The number of aromatic nitrogens is 1. The monoisotopic (exact) mass is 169 g/mol. The van der Waals surface area contributed by atoms with Gasteiger partial charge in [0.25, 0.3) is 0 Å². The zero-order chi connectivity index (χ0) is 8.10. The summed E-state index contributed by atoms with van der Waals surface area (Å²) in [7, 11) is 0. The third-order valence-corrected chi connectivity index (χ3v) is 2.07. The molecule has 1 aromatic heterocycles. The van der Waals surface area contributed by atoms with Crippen LogP contribution in [0.2, 0.25) is 0 Å². The Hall–Kier alpha value is -0.740. The van der Waals surface area contributed by atoms with Crippen molar-refractivity contribution in [1.82, 2.24) is 4.98 Å². The Bertz CT molecular complexity index is 227. The number of nitrogens with two attached hydrogens (primary N) is 1. The van der Waals surface area contributed by atoms with Crippen molar-refractivity contribution in [2.75, 3.05) is 11.2 Å². The molecule has 0 aliphatic rings. The molecule has 1 heterocycles. The normalized spacial score (nSPS) is 9.64. The quantitative estimate of drug-likeness (QED) is 0.409. The highest BCUT2D eigenvalue weighted by Crippen LogP contribution is 2.18. The first-order valence-corrected chi connectivity index (χ1v) is 4.41. The van der Waals surface area contributed by atoms with Crippen LogP contribution in [0.5, 0.6) is 0 Å². The predicted octanol–water partition coefficient (Wildman–Crippen LogP) is 1.48. The molecule has 0 spiro atoms. The first-order valence-electron chi connectivity index (χ1n) is 3.42. The lowest BCUT2D eigenvalue weighted by Crippen LogP contribution is -2.07. The van der Waals surface area contributed by atoms with Crippen LogP contribution in [0.4, 0.5) is 5.82 Å². The van der Waals surface area contributed by atoms with Crippen molar-refractivity contribution in [3.05, 3.63) is 18.3 Å². The first kappa shape index (κ1) is 8.36. The number of pyridine rings is 1. The lowest BCUT2D eigenvalue weighted by molar-refractivity contribution is 1.19. The van der Waals surface area contributed by atoms with Gasteiger partial charge in [0.1, 0.15) is 5.82 Å². The summed E-state index contributed by atoms with van der Waals surface area (Å²) in [6, 6.07) is 3.89. The summed E-state index contributed by atoms with van der Waals surface area (Å²) >= 11 is 1.77. The number of rotatable bonds is 3.